The SMILES string of the molecule is CCCOc1nc(N2CC3CCC(C2)N3)c2cnc(-c3cccc4cccc(Cl)c34)c(F)c2n1. The number of halogens is 2. The Balaban J connectivity index is 1.54. The van der Waals surface area contributed by atoms with Crippen LogP contribution >= 0.6 is 11.6 Å². The number of rotatable bonds is 5. The third-order valence-corrected chi connectivity index (χ3v) is 7.02. The first-order chi connectivity index (χ1) is 16.6. The molecule has 6 rings (SSSR count). The lowest BCUT2D eigenvalue weighted by atomic mass is 10.0. The van der Waals surface area contributed by atoms with Gasteiger partial charge in [-0.25, -0.2) is 4.39 Å². The molecular weight excluding hydrogens is 453 g/mol. The van der Waals surface area contributed by atoms with Gasteiger partial charge in [0.15, 0.2) is 5.82 Å². The molecular formula is C26H25ClFN5O. The van der Waals surface area contributed by atoms with Gasteiger partial charge in [-0.1, -0.05) is 48.9 Å². The summed E-state index contributed by atoms with van der Waals surface area (Å²) in [6.45, 7) is 4.12. The first kappa shape index (κ1) is 21.5. The molecule has 2 atom stereocenters. The number of pyridine rings is 1. The van der Waals surface area contributed by atoms with Crippen LogP contribution in [0.4, 0.5) is 10.2 Å². The van der Waals surface area contributed by atoms with Crippen LogP contribution in [0.15, 0.2) is 42.6 Å². The summed E-state index contributed by atoms with van der Waals surface area (Å²) < 4.78 is 21.9. The van der Waals surface area contributed by atoms with Crippen LogP contribution in [0.3, 0.4) is 0 Å². The molecule has 2 bridgehead atoms. The molecule has 34 heavy (non-hydrogen) atoms. The van der Waals surface area contributed by atoms with Gasteiger partial charge in [0.2, 0.25) is 0 Å². The number of nitrogens with one attached hydrogen (secondary N) is 1. The summed E-state index contributed by atoms with van der Waals surface area (Å²) in [6.07, 6.45) is 4.78. The molecule has 2 unspecified atom stereocenters. The van der Waals surface area contributed by atoms with Gasteiger partial charge in [0.25, 0.3) is 0 Å². The van der Waals surface area contributed by atoms with Crippen molar-refractivity contribution in [2.45, 2.75) is 38.3 Å². The maximum atomic E-state index is 16.1. The van der Waals surface area contributed by atoms with Gasteiger partial charge in [0, 0.05) is 47.3 Å². The molecule has 2 fully saturated rings. The zero-order valence-corrected chi connectivity index (χ0v) is 19.6. The predicted octanol–water partition coefficient (Wildman–Crippen LogP) is 5.37. The molecule has 0 spiro atoms. The molecule has 2 aliphatic rings. The summed E-state index contributed by atoms with van der Waals surface area (Å²) in [5, 5.41) is 6.48. The minimum atomic E-state index is -0.493. The highest BCUT2D eigenvalue weighted by Crippen LogP contribution is 2.38. The molecule has 0 aliphatic carbocycles. The zero-order chi connectivity index (χ0) is 23.2. The lowest BCUT2D eigenvalue weighted by Crippen LogP contribution is -2.51. The number of hydrogen-bond acceptors (Lipinski definition) is 6. The number of hydrogen-bond donors (Lipinski definition) is 1. The maximum Gasteiger partial charge on any atom is 0.319 e. The van der Waals surface area contributed by atoms with Crippen LogP contribution in [0.5, 0.6) is 6.01 Å². The minimum absolute atomic E-state index is 0.197. The van der Waals surface area contributed by atoms with Gasteiger partial charge in [-0.15, -0.1) is 0 Å². The Morgan fingerprint density at radius 3 is 2.65 bits per heavy atom. The Bertz CT molecular complexity index is 1380. The van der Waals surface area contributed by atoms with E-state index >= 15 is 4.39 Å². The fraction of sp³-hybridized carbons (Fsp3) is 0.346. The molecule has 0 saturated carbocycles. The fourth-order valence-corrected chi connectivity index (χ4v) is 5.45. The average Bonchev–Trinajstić information content (AvgIpc) is 3.20. The van der Waals surface area contributed by atoms with Crippen LogP contribution in [-0.4, -0.2) is 46.7 Å². The van der Waals surface area contributed by atoms with Crippen LogP contribution in [0.2, 0.25) is 5.02 Å². The van der Waals surface area contributed by atoms with Gasteiger partial charge in [0.1, 0.15) is 17.0 Å². The monoisotopic (exact) mass is 477 g/mol. The molecule has 2 aliphatic heterocycles. The van der Waals surface area contributed by atoms with E-state index in [0.717, 1.165) is 43.1 Å². The fourth-order valence-electron chi connectivity index (χ4n) is 5.17. The number of fused-ring (bicyclic) bond motifs is 4. The van der Waals surface area contributed by atoms with Crippen molar-refractivity contribution in [3.63, 3.8) is 0 Å². The number of anilines is 1. The van der Waals surface area contributed by atoms with Crippen molar-refractivity contribution < 1.29 is 9.13 Å². The van der Waals surface area contributed by atoms with E-state index < -0.39 is 5.82 Å². The Hall–Kier alpha value is -3.03. The van der Waals surface area contributed by atoms with Gasteiger partial charge >= 0.3 is 6.01 Å². The van der Waals surface area contributed by atoms with Crippen molar-refractivity contribution in [2.75, 3.05) is 24.6 Å². The Morgan fingerprint density at radius 1 is 1.12 bits per heavy atom. The molecule has 2 aromatic carbocycles. The molecule has 1 N–H and O–H groups in total. The minimum Gasteiger partial charge on any atom is -0.463 e. The van der Waals surface area contributed by atoms with Crippen LogP contribution in [0.25, 0.3) is 32.9 Å². The third-order valence-electron chi connectivity index (χ3n) is 6.70. The standard InChI is InChI=1S/C26H25ClFN5O/c1-2-11-34-26-31-24-19(25(32-26)33-13-16-9-10-17(14-33)30-16)12-29-23(22(24)28)18-7-3-5-15-6-4-8-20(27)21(15)18/h3-8,12,16-17,30H,2,9-11,13-14H2,1H3. The highest BCUT2D eigenvalue weighted by molar-refractivity contribution is 6.36. The van der Waals surface area contributed by atoms with E-state index in [2.05, 4.69) is 20.2 Å². The molecule has 174 valence electrons. The van der Waals surface area contributed by atoms with Gasteiger partial charge < -0.3 is 15.0 Å². The highest BCUT2D eigenvalue weighted by atomic mass is 35.5. The largest absolute Gasteiger partial charge is 0.463 e. The van der Waals surface area contributed by atoms with E-state index in [9.17, 15) is 0 Å². The van der Waals surface area contributed by atoms with Crippen molar-refractivity contribution in [1.29, 1.82) is 0 Å². The quantitative estimate of drug-likeness (QED) is 0.417. The molecule has 2 saturated heterocycles. The van der Waals surface area contributed by atoms with Crippen molar-refractivity contribution >= 4 is 39.1 Å². The second kappa shape index (κ2) is 8.64. The van der Waals surface area contributed by atoms with E-state index in [0.29, 0.717) is 40.5 Å². The smallest absolute Gasteiger partial charge is 0.319 e. The number of piperazine rings is 1. The Labute approximate surface area is 202 Å². The summed E-state index contributed by atoms with van der Waals surface area (Å²) in [7, 11) is 0. The van der Waals surface area contributed by atoms with Crippen LogP contribution in [-0.2, 0) is 0 Å². The average molecular weight is 478 g/mol. The summed E-state index contributed by atoms with van der Waals surface area (Å²) >= 11 is 6.52. The molecule has 2 aromatic heterocycles. The summed E-state index contributed by atoms with van der Waals surface area (Å²) in [6, 6.07) is 12.4. The van der Waals surface area contributed by atoms with Gasteiger partial charge in [-0.2, -0.15) is 9.97 Å². The summed E-state index contributed by atoms with van der Waals surface area (Å²) in [5.41, 5.74) is 1.08. The van der Waals surface area contributed by atoms with E-state index in [4.69, 9.17) is 21.3 Å². The number of benzene rings is 2. The van der Waals surface area contributed by atoms with E-state index in [1.807, 2.05) is 43.3 Å². The highest BCUT2D eigenvalue weighted by Gasteiger charge is 2.34. The lowest BCUT2D eigenvalue weighted by molar-refractivity contribution is 0.293. The first-order valence-electron chi connectivity index (χ1n) is 11.8. The van der Waals surface area contributed by atoms with Crippen molar-refractivity contribution in [2.24, 2.45) is 0 Å². The van der Waals surface area contributed by atoms with Crippen molar-refractivity contribution in [3.8, 4) is 17.3 Å². The normalized spacial score (nSPS) is 19.8. The van der Waals surface area contributed by atoms with Crippen molar-refractivity contribution in [1.82, 2.24) is 20.3 Å². The zero-order valence-electron chi connectivity index (χ0n) is 18.9. The topological polar surface area (TPSA) is 63.2 Å². The van der Waals surface area contributed by atoms with E-state index in [1.54, 1.807) is 6.20 Å². The van der Waals surface area contributed by atoms with Crippen LogP contribution in [0.1, 0.15) is 26.2 Å². The second-order valence-corrected chi connectivity index (χ2v) is 9.45. The van der Waals surface area contributed by atoms with E-state index in [1.165, 1.54) is 0 Å². The van der Waals surface area contributed by atoms with Crippen LogP contribution < -0.4 is 15.0 Å². The maximum absolute atomic E-state index is 16.1. The molecule has 0 amide bonds. The molecule has 4 heterocycles. The number of aromatic nitrogens is 3. The Morgan fingerprint density at radius 2 is 1.88 bits per heavy atom. The van der Waals surface area contributed by atoms with Gasteiger partial charge in [-0.3, -0.25) is 4.98 Å². The van der Waals surface area contributed by atoms with Gasteiger partial charge in [0.05, 0.1) is 12.0 Å². The third kappa shape index (κ3) is 3.63. The molecule has 6 nitrogen and oxygen atoms in total. The molecule has 8 heteroatoms. The first-order valence-corrected chi connectivity index (χ1v) is 12.2. The molecule has 0 radical (unpaired) electrons. The number of nitrogens with zero attached hydrogens (tertiary/aromatic N) is 4. The number of ether oxygens (including phenoxy) is 1. The second-order valence-electron chi connectivity index (χ2n) is 9.05. The van der Waals surface area contributed by atoms with Crippen molar-refractivity contribution in [3.05, 3.63) is 53.4 Å². The Kier molecular flexibility index (Phi) is 5.46. The summed E-state index contributed by atoms with van der Waals surface area (Å²) in [5.74, 6) is 0.191. The summed E-state index contributed by atoms with van der Waals surface area (Å²) in [4.78, 5) is 16.0. The van der Waals surface area contributed by atoms with Crippen LogP contribution in [0, 0.1) is 5.82 Å². The van der Waals surface area contributed by atoms with Gasteiger partial charge in [-0.05, 0) is 30.7 Å². The molecule has 4 aromatic rings. The predicted molar refractivity (Wildman–Crippen MR) is 133 cm³/mol. The lowest BCUT2D eigenvalue weighted by Gasteiger charge is -2.34. The van der Waals surface area contributed by atoms with E-state index in [-0.39, 0.29) is 17.2 Å².